The molecule has 1 saturated heterocycles. The van der Waals surface area contributed by atoms with Crippen molar-refractivity contribution in [3.05, 3.63) is 48.5 Å². The number of benzene rings is 2. The largest absolute Gasteiger partial charge is 0.327 e. The number of amides is 1. The van der Waals surface area contributed by atoms with Gasteiger partial charge in [0.2, 0.25) is 6.41 Å². The summed E-state index contributed by atoms with van der Waals surface area (Å²) in [4.78, 5) is 10.9. The minimum atomic E-state index is 0.373. The highest BCUT2D eigenvalue weighted by Gasteiger charge is 2.23. The van der Waals surface area contributed by atoms with Crippen molar-refractivity contribution >= 4 is 23.0 Å². The maximum absolute atomic E-state index is 10.9. The third kappa shape index (κ3) is 2.57. The first-order valence-corrected chi connectivity index (χ1v) is 8.36. The molecule has 2 heterocycles. The molecule has 4 rings (SSSR count). The summed E-state index contributed by atoms with van der Waals surface area (Å²) >= 11 is 0. The van der Waals surface area contributed by atoms with Crippen LogP contribution >= 0.6 is 0 Å². The average molecular weight is 320 g/mol. The first kappa shape index (κ1) is 14.9. The van der Waals surface area contributed by atoms with Gasteiger partial charge in [-0.3, -0.25) is 9.48 Å². The third-order valence-corrected chi connectivity index (χ3v) is 4.64. The Kier molecular flexibility index (Phi) is 4.01. The topological polar surface area (TPSA) is 59.0 Å². The normalized spacial score (nSPS) is 15.5. The number of carbonyl (C=O) groups excluding carboxylic acids is 1. The molecule has 0 aliphatic carbocycles. The van der Waals surface area contributed by atoms with Crippen LogP contribution < -0.4 is 10.6 Å². The molecule has 0 unspecified atom stereocenters. The average Bonchev–Trinajstić information content (AvgIpc) is 3.04. The van der Waals surface area contributed by atoms with Crippen molar-refractivity contribution in [2.24, 2.45) is 0 Å². The second kappa shape index (κ2) is 6.45. The monoisotopic (exact) mass is 320 g/mol. The van der Waals surface area contributed by atoms with E-state index in [1.165, 1.54) is 0 Å². The van der Waals surface area contributed by atoms with Gasteiger partial charge in [0.05, 0.1) is 17.4 Å². The van der Waals surface area contributed by atoms with Gasteiger partial charge in [-0.1, -0.05) is 42.5 Å². The Hall–Kier alpha value is -2.66. The molecule has 0 bridgehead atoms. The minimum Gasteiger partial charge on any atom is -0.327 e. The number of rotatable bonds is 4. The summed E-state index contributed by atoms with van der Waals surface area (Å²) in [7, 11) is 0. The fourth-order valence-electron chi connectivity index (χ4n) is 3.50. The van der Waals surface area contributed by atoms with Crippen molar-refractivity contribution in [2.45, 2.75) is 18.9 Å². The van der Waals surface area contributed by atoms with Gasteiger partial charge < -0.3 is 10.6 Å². The molecule has 0 radical (unpaired) electrons. The van der Waals surface area contributed by atoms with E-state index >= 15 is 0 Å². The summed E-state index contributed by atoms with van der Waals surface area (Å²) in [5.41, 5.74) is 3.89. The van der Waals surface area contributed by atoms with Crippen LogP contribution in [0.1, 0.15) is 18.9 Å². The van der Waals surface area contributed by atoms with Crippen LogP contribution in [0.15, 0.2) is 48.5 Å². The highest BCUT2D eigenvalue weighted by molar-refractivity contribution is 6.01. The Balaban J connectivity index is 1.95. The van der Waals surface area contributed by atoms with Crippen LogP contribution in [-0.4, -0.2) is 29.3 Å². The Morgan fingerprint density at radius 2 is 1.88 bits per heavy atom. The van der Waals surface area contributed by atoms with E-state index < -0.39 is 0 Å². The van der Waals surface area contributed by atoms with Gasteiger partial charge in [0.25, 0.3) is 0 Å². The summed E-state index contributed by atoms with van der Waals surface area (Å²) in [6.45, 7) is 2.02. The molecular formula is C19H20N4O. The van der Waals surface area contributed by atoms with E-state index in [-0.39, 0.29) is 0 Å². The fraction of sp³-hybridized carbons (Fsp3) is 0.263. The first-order chi connectivity index (χ1) is 11.9. The van der Waals surface area contributed by atoms with Gasteiger partial charge in [0, 0.05) is 10.9 Å². The molecule has 1 aliphatic rings. The minimum absolute atomic E-state index is 0.373. The van der Waals surface area contributed by atoms with Crippen molar-refractivity contribution in [1.29, 1.82) is 0 Å². The van der Waals surface area contributed by atoms with Crippen molar-refractivity contribution in [1.82, 2.24) is 15.1 Å². The van der Waals surface area contributed by atoms with Crippen LogP contribution in [0, 0.1) is 0 Å². The zero-order valence-electron chi connectivity index (χ0n) is 13.4. The first-order valence-electron chi connectivity index (χ1n) is 8.36. The smallest absolute Gasteiger partial charge is 0.211 e. The maximum Gasteiger partial charge on any atom is 0.211 e. The van der Waals surface area contributed by atoms with E-state index in [0.29, 0.717) is 12.5 Å². The second-order valence-corrected chi connectivity index (χ2v) is 6.10. The molecule has 5 nitrogen and oxygen atoms in total. The number of carbonyl (C=O) groups is 1. The molecule has 2 aromatic carbocycles. The number of nitrogens with one attached hydrogen (secondary N) is 2. The molecule has 0 saturated carbocycles. The number of nitrogens with zero attached hydrogens (tertiary/aromatic N) is 2. The summed E-state index contributed by atoms with van der Waals surface area (Å²) < 4.78 is 2.16. The zero-order chi connectivity index (χ0) is 16.4. The van der Waals surface area contributed by atoms with Crippen LogP contribution in [0.3, 0.4) is 0 Å². The highest BCUT2D eigenvalue weighted by atomic mass is 16.1. The molecule has 24 heavy (non-hydrogen) atoms. The van der Waals surface area contributed by atoms with E-state index in [4.69, 9.17) is 5.10 Å². The predicted octanol–water partition coefficient (Wildman–Crippen LogP) is 3.20. The van der Waals surface area contributed by atoms with Gasteiger partial charge in [-0.25, -0.2) is 0 Å². The lowest BCUT2D eigenvalue weighted by Gasteiger charge is -2.25. The highest BCUT2D eigenvalue weighted by Crippen LogP contribution is 2.35. The van der Waals surface area contributed by atoms with Gasteiger partial charge in [0.1, 0.15) is 5.52 Å². The van der Waals surface area contributed by atoms with Crippen LogP contribution in [0.5, 0.6) is 0 Å². The Bertz CT molecular complexity index is 850. The third-order valence-electron chi connectivity index (χ3n) is 4.64. The fourth-order valence-corrected chi connectivity index (χ4v) is 3.50. The molecule has 1 amide bonds. The van der Waals surface area contributed by atoms with Crippen LogP contribution in [0.2, 0.25) is 0 Å². The van der Waals surface area contributed by atoms with E-state index in [9.17, 15) is 4.79 Å². The van der Waals surface area contributed by atoms with E-state index in [2.05, 4.69) is 45.6 Å². The summed E-state index contributed by atoms with van der Waals surface area (Å²) in [6.07, 6.45) is 2.83. The molecule has 1 aromatic heterocycles. The molecular weight excluding hydrogens is 300 g/mol. The number of hydrogen-bond acceptors (Lipinski definition) is 3. The molecule has 1 aliphatic heterocycles. The zero-order valence-corrected chi connectivity index (χ0v) is 13.4. The van der Waals surface area contributed by atoms with E-state index in [1.54, 1.807) is 0 Å². The van der Waals surface area contributed by atoms with Crippen molar-refractivity contribution in [2.75, 3.05) is 18.4 Å². The molecule has 0 atom stereocenters. The van der Waals surface area contributed by atoms with Gasteiger partial charge in [0.15, 0.2) is 0 Å². The Morgan fingerprint density at radius 3 is 2.62 bits per heavy atom. The van der Waals surface area contributed by atoms with E-state index in [1.807, 2.05) is 18.2 Å². The van der Waals surface area contributed by atoms with Gasteiger partial charge in [-0.2, -0.15) is 5.10 Å². The lowest BCUT2D eigenvalue weighted by Crippen LogP contribution is -2.30. The molecule has 2 N–H and O–H groups in total. The standard InChI is InChI=1S/C19H20N4O/c24-13-21-17-8-4-7-16-18(17)22-23(15-9-11-20-12-10-15)19(16)14-5-2-1-3-6-14/h1-8,13,15,20H,9-12H2,(H,21,24). The quantitative estimate of drug-likeness (QED) is 0.726. The molecule has 122 valence electrons. The molecule has 0 spiro atoms. The van der Waals surface area contributed by atoms with Gasteiger partial charge in [-0.05, 0) is 32.0 Å². The van der Waals surface area contributed by atoms with Gasteiger partial charge in [-0.15, -0.1) is 0 Å². The van der Waals surface area contributed by atoms with Crippen LogP contribution in [0.25, 0.3) is 22.2 Å². The SMILES string of the molecule is O=CNc1cccc2c(-c3ccccc3)n(C3CCNCC3)nc12. The number of aromatic nitrogens is 2. The maximum atomic E-state index is 10.9. The molecule has 3 aromatic rings. The Labute approximate surface area is 140 Å². The number of anilines is 1. The molecule has 1 fully saturated rings. The summed E-state index contributed by atoms with van der Waals surface area (Å²) in [6, 6.07) is 16.7. The number of piperidine rings is 1. The van der Waals surface area contributed by atoms with Crippen LogP contribution in [0.4, 0.5) is 5.69 Å². The van der Waals surface area contributed by atoms with E-state index in [0.717, 1.165) is 53.8 Å². The summed E-state index contributed by atoms with van der Waals surface area (Å²) in [5, 5.41) is 12.2. The Morgan fingerprint density at radius 1 is 1.08 bits per heavy atom. The van der Waals surface area contributed by atoms with Crippen molar-refractivity contribution in [3.63, 3.8) is 0 Å². The number of hydrogen-bond donors (Lipinski definition) is 2. The lowest BCUT2D eigenvalue weighted by molar-refractivity contribution is -0.105. The summed E-state index contributed by atoms with van der Waals surface area (Å²) in [5.74, 6) is 0. The van der Waals surface area contributed by atoms with Crippen molar-refractivity contribution in [3.8, 4) is 11.3 Å². The van der Waals surface area contributed by atoms with Crippen molar-refractivity contribution < 1.29 is 4.79 Å². The van der Waals surface area contributed by atoms with Gasteiger partial charge >= 0.3 is 0 Å². The predicted molar refractivity (Wildman–Crippen MR) is 96.0 cm³/mol. The second-order valence-electron chi connectivity index (χ2n) is 6.10. The lowest BCUT2D eigenvalue weighted by atomic mass is 10.0. The number of fused-ring (bicyclic) bond motifs is 1. The molecule has 5 heteroatoms. The van der Waals surface area contributed by atoms with Crippen LogP contribution in [-0.2, 0) is 4.79 Å².